The summed E-state index contributed by atoms with van der Waals surface area (Å²) in [6.45, 7) is 0.0533. The lowest BCUT2D eigenvalue weighted by Crippen LogP contribution is -2.36. The number of hydrogen-bond acceptors (Lipinski definition) is 4. The number of hydrogen-bond donors (Lipinski definition) is 4. The van der Waals surface area contributed by atoms with E-state index in [1.807, 2.05) is 0 Å². The molecule has 1 aliphatic heterocycles. The van der Waals surface area contributed by atoms with E-state index in [-0.39, 0.29) is 29.9 Å². The number of benzene rings is 1. The molecule has 0 bridgehead atoms. The molecule has 4 N–H and O–H groups in total. The molecule has 26 heavy (non-hydrogen) atoms. The summed E-state index contributed by atoms with van der Waals surface area (Å²) in [5, 5.41) is 15.0. The fourth-order valence-corrected chi connectivity index (χ4v) is 2.62. The van der Waals surface area contributed by atoms with E-state index in [9.17, 15) is 22.4 Å². The Bertz CT molecular complexity index is 783. The largest absolute Gasteiger partial charge is 0.430 e. The number of carbonyl (C=O) groups is 1. The summed E-state index contributed by atoms with van der Waals surface area (Å²) >= 11 is 0. The zero-order chi connectivity index (χ0) is 18.9. The third-order valence-electron chi connectivity index (χ3n) is 4.14. The number of rotatable bonds is 4. The van der Waals surface area contributed by atoms with Crippen molar-refractivity contribution < 1.29 is 22.4 Å². The molecule has 138 valence electrons. The molecule has 1 aliphatic carbocycles. The number of allylic oxidation sites excluding steroid dienone is 1. The average molecular weight is 368 g/mol. The summed E-state index contributed by atoms with van der Waals surface area (Å²) < 4.78 is 52.1. The summed E-state index contributed by atoms with van der Waals surface area (Å²) in [6, 6.07) is 5.24. The summed E-state index contributed by atoms with van der Waals surface area (Å²) in [4.78, 5) is 12.3. The van der Waals surface area contributed by atoms with Gasteiger partial charge in [0.1, 0.15) is 17.3 Å². The first kappa shape index (κ1) is 18.0. The van der Waals surface area contributed by atoms with Gasteiger partial charge in [-0.05, 0) is 24.1 Å². The maximum Gasteiger partial charge on any atom is 0.430 e. The number of fused-ring (bicyclic) bond motifs is 1. The van der Waals surface area contributed by atoms with Gasteiger partial charge < -0.3 is 21.4 Å². The van der Waals surface area contributed by atoms with Crippen molar-refractivity contribution in [3.63, 3.8) is 0 Å². The molecule has 2 aliphatic rings. The van der Waals surface area contributed by atoms with E-state index >= 15 is 0 Å². The third kappa shape index (κ3) is 4.04. The van der Waals surface area contributed by atoms with Gasteiger partial charge in [-0.2, -0.15) is 13.2 Å². The van der Waals surface area contributed by atoms with Gasteiger partial charge in [0.2, 0.25) is 0 Å². The number of amides is 1. The molecule has 3 rings (SSSR count). The van der Waals surface area contributed by atoms with Crippen molar-refractivity contribution in [1.82, 2.24) is 16.0 Å². The molecular formula is C17H16F4N4O. The topological polar surface area (TPSA) is 77.0 Å². The van der Waals surface area contributed by atoms with E-state index in [4.69, 9.17) is 5.41 Å². The van der Waals surface area contributed by atoms with Gasteiger partial charge in [0.25, 0.3) is 5.91 Å². The average Bonchev–Trinajstić information content (AvgIpc) is 3.31. The highest BCUT2D eigenvalue weighted by molar-refractivity contribution is 6.11. The Balaban J connectivity index is 1.77. The van der Waals surface area contributed by atoms with Gasteiger partial charge in [0.15, 0.2) is 0 Å². The van der Waals surface area contributed by atoms with Crippen LogP contribution in [0.1, 0.15) is 12.0 Å². The van der Waals surface area contributed by atoms with Crippen LogP contribution < -0.4 is 16.0 Å². The van der Waals surface area contributed by atoms with Crippen molar-refractivity contribution >= 4 is 12.1 Å². The van der Waals surface area contributed by atoms with Crippen molar-refractivity contribution in [3.8, 4) is 0 Å². The van der Waals surface area contributed by atoms with Crippen LogP contribution >= 0.6 is 0 Å². The van der Waals surface area contributed by atoms with Gasteiger partial charge in [-0.1, -0.05) is 18.2 Å². The minimum Gasteiger partial charge on any atom is -0.368 e. The van der Waals surface area contributed by atoms with Crippen LogP contribution in [0.3, 0.4) is 0 Å². The standard InChI is InChI=1S/C17H16F4N4O/c18-11-3-1-9(2-4-11)8-23-16(26)12(7-22)15-24-13-5-10(13)6-14(25-15)17(19,20)21/h1-4,6-7,10,13,22,24-25H,5,8H2,(H,23,26)/b15-12+,22-7?. The zero-order valence-electron chi connectivity index (χ0n) is 13.5. The lowest BCUT2D eigenvalue weighted by Gasteiger charge is -2.18. The summed E-state index contributed by atoms with van der Waals surface area (Å²) in [6.07, 6.45) is -2.25. The van der Waals surface area contributed by atoms with Crippen LogP contribution in [0.5, 0.6) is 0 Å². The Morgan fingerprint density at radius 1 is 1.31 bits per heavy atom. The van der Waals surface area contributed by atoms with E-state index in [1.165, 1.54) is 24.3 Å². The van der Waals surface area contributed by atoms with Crippen molar-refractivity contribution in [2.45, 2.75) is 25.2 Å². The molecule has 0 radical (unpaired) electrons. The van der Waals surface area contributed by atoms with Crippen LogP contribution in [0, 0.1) is 17.1 Å². The molecule has 0 spiro atoms. The van der Waals surface area contributed by atoms with Crippen LogP contribution in [-0.4, -0.2) is 24.3 Å². The summed E-state index contributed by atoms with van der Waals surface area (Å²) in [5.41, 5.74) is -0.570. The second-order valence-electron chi connectivity index (χ2n) is 6.10. The van der Waals surface area contributed by atoms with Crippen LogP contribution in [0.25, 0.3) is 0 Å². The van der Waals surface area contributed by atoms with Crippen molar-refractivity contribution in [3.05, 3.63) is 58.8 Å². The van der Waals surface area contributed by atoms with Gasteiger partial charge in [-0.15, -0.1) is 0 Å². The summed E-state index contributed by atoms with van der Waals surface area (Å²) in [7, 11) is 0. The maximum atomic E-state index is 13.1. The molecular weight excluding hydrogens is 352 g/mol. The molecule has 9 heteroatoms. The van der Waals surface area contributed by atoms with Crippen LogP contribution in [-0.2, 0) is 11.3 Å². The van der Waals surface area contributed by atoms with E-state index in [2.05, 4.69) is 16.0 Å². The third-order valence-corrected chi connectivity index (χ3v) is 4.14. The SMILES string of the molecule is N=C/C(C(=O)NCc1ccc(F)cc1)=C1\NC(C(F)(F)F)=CC2CC2N1. The molecule has 1 fully saturated rings. The Morgan fingerprint density at radius 2 is 2.00 bits per heavy atom. The fraction of sp³-hybridized carbons (Fsp3) is 0.294. The molecule has 0 saturated heterocycles. The van der Waals surface area contributed by atoms with Crippen LogP contribution in [0.15, 0.2) is 47.4 Å². The van der Waals surface area contributed by atoms with Gasteiger partial charge in [-0.3, -0.25) is 4.79 Å². The van der Waals surface area contributed by atoms with E-state index in [0.29, 0.717) is 18.2 Å². The van der Waals surface area contributed by atoms with Crippen molar-refractivity contribution in [1.29, 1.82) is 5.41 Å². The Hall–Kier alpha value is -2.84. The molecule has 1 amide bonds. The second kappa shape index (κ2) is 6.81. The van der Waals surface area contributed by atoms with E-state index < -0.39 is 23.6 Å². The Kier molecular flexibility index (Phi) is 4.71. The Morgan fingerprint density at radius 3 is 2.62 bits per heavy atom. The quantitative estimate of drug-likeness (QED) is 0.374. The molecule has 1 heterocycles. The van der Waals surface area contributed by atoms with Gasteiger partial charge in [0, 0.05) is 24.7 Å². The predicted molar refractivity (Wildman–Crippen MR) is 86.4 cm³/mol. The monoisotopic (exact) mass is 368 g/mol. The Labute approximate surface area is 146 Å². The molecule has 1 saturated carbocycles. The minimum absolute atomic E-state index is 0.0533. The maximum absolute atomic E-state index is 13.1. The van der Waals surface area contributed by atoms with Crippen molar-refractivity contribution in [2.75, 3.05) is 0 Å². The molecule has 0 aromatic heterocycles. The molecule has 2 atom stereocenters. The zero-order valence-corrected chi connectivity index (χ0v) is 13.5. The van der Waals surface area contributed by atoms with Crippen LogP contribution in [0.2, 0.25) is 0 Å². The summed E-state index contributed by atoms with van der Waals surface area (Å²) in [5.74, 6) is -1.53. The molecule has 5 nitrogen and oxygen atoms in total. The molecule has 1 aromatic rings. The van der Waals surface area contributed by atoms with E-state index in [1.54, 1.807) is 0 Å². The lowest BCUT2D eigenvalue weighted by molar-refractivity contribution is -0.117. The van der Waals surface area contributed by atoms with Gasteiger partial charge >= 0.3 is 6.18 Å². The van der Waals surface area contributed by atoms with Gasteiger partial charge in [-0.25, -0.2) is 4.39 Å². The number of nitrogens with one attached hydrogen (secondary N) is 4. The van der Waals surface area contributed by atoms with Crippen molar-refractivity contribution in [2.24, 2.45) is 5.92 Å². The minimum atomic E-state index is -4.58. The fourth-order valence-electron chi connectivity index (χ4n) is 2.62. The highest BCUT2D eigenvalue weighted by atomic mass is 19.4. The first-order valence-electron chi connectivity index (χ1n) is 7.88. The molecule has 1 aromatic carbocycles. The highest BCUT2D eigenvalue weighted by Gasteiger charge is 2.44. The first-order chi connectivity index (χ1) is 12.3. The van der Waals surface area contributed by atoms with Gasteiger partial charge in [0.05, 0.1) is 5.57 Å². The number of carbonyl (C=O) groups excluding carboxylic acids is 1. The number of alkyl halides is 3. The van der Waals surface area contributed by atoms with E-state index in [0.717, 1.165) is 6.08 Å². The smallest absolute Gasteiger partial charge is 0.368 e. The normalized spacial score (nSPS) is 23.5. The predicted octanol–water partition coefficient (Wildman–Crippen LogP) is 2.33. The first-order valence-corrected chi connectivity index (χ1v) is 7.88. The van der Waals surface area contributed by atoms with Crippen LogP contribution in [0.4, 0.5) is 17.6 Å². The highest BCUT2D eigenvalue weighted by Crippen LogP contribution is 2.38. The lowest BCUT2D eigenvalue weighted by atomic mass is 10.2. The second-order valence-corrected chi connectivity index (χ2v) is 6.10. The number of halogens is 4. The molecule has 2 unspecified atom stereocenters.